The normalized spacial score (nSPS) is 11.0. The van der Waals surface area contributed by atoms with Gasteiger partial charge in [-0.3, -0.25) is 0 Å². The Hall–Kier alpha value is -2.65. The number of nitrogen functional groups attached to an aromatic ring is 1. The minimum atomic E-state index is 0.0593. The maximum absolute atomic E-state index is 9.34. The molecule has 0 aliphatic carbocycles. The summed E-state index contributed by atoms with van der Waals surface area (Å²) in [4.78, 5) is 13.9. The molecule has 0 aliphatic heterocycles. The van der Waals surface area contributed by atoms with Crippen LogP contribution in [0.25, 0.3) is 11.6 Å². The van der Waals surface area contributed by atoms with Gasteiger partial charge in [0.1, 0.15) is 6.07 Å². The number of aromatic nitrogens is 3. The third-order valence-electron chi connectivity index (χ3n) is 2.61. The maximum Gasteiger partial charge on any atom is 0.230 e. The van der Waals surface area contributed by atoms with Crippen LogP contribution in [0.4, 0.5) is 11.9 Å². The molecule has 0 fully saturated rings. The van der Waals surface area contributed by atoms with E-state index in [1.807, 2.05) is 12.1 Å². The first-order chi connectivity index (χ1) is 10.0. The molecule has 0 saturated heterocycles. The van der Waals surface area contributed by atoms with Crippen LogP contribution < -0.4 is 10.6 Å². The molecule has 7 heteroatoms. The van der Waals surface area contributed by atoms with Crippen LogP contribution in [0.2, 0.25) is 5.02 Å². The molecule has 0 bridgehead atoms. The van der Waals surface area contributed by atoms with Crippen LogP contribution >= 0.6 is 11.6 Å². The van der Waals surface area contributed by atoms with E-state index in [0.29, 0.717) is 16.5 Å². The molecule has 21 heavy (non-hydrogen) atoms. The zero-order valence-corrected chi connectivity index (χ0v) is 12.3. The van der Waals surface area contributed by atoms with Crippen LogP contribution in [-0.2, 0) is 0 Å². The Labute approximate surface area is 127 Å². The number of nitrogens with zero attached hydrogens (tertiary/aromatic N) is 5. The Morgan fingerprint density at radius 2 is 2.00 bits per heavy atom. The standard InChI is InChI=1S/C14H13ClN6/c1-21(2)14-19-12(18-13(17)20-14)10(8-16)7-9-5-3-4-6-11(9)15/h3-7H,1-2H3,(H2,17,18,19,20)/b10-7+. The van der Waals surface area contributed by atoms with E-state index in [4.69, 9.17) is 17.3 Å². The van der Waals surface area contributed by atoms with Gasteiger partial charge in [0.05, 0.1) is 5.57 Å². The smallest absolute Gasteiger partial charge is 0.230 e. The van der Waals surface area contributed by atoms with Gasteiger partial charge in [-0.05, 0) is 17.7 Å². The highest BCUT2D eigenvalue weighted by molar-refractivity contribution is 6.32. The van der Waals surface area contributed by atoms with E-state index < -0.39 is 0 Å². The summed E-state index contributed by atoms with van der Waals surface area (Å²) in [6.45, 7) is 0. The first kappa shape index (κ1) is 14.8. The lowest BCUT2D eigenvalue weighted by Gasteiger charge is -2.11. The number of halogens is 1. The first-order valence-electron chi connectivity index (χ1n) is 6.07. The molecule has 0 amide bonds. The lowest BCUT2D eigenvalue weighted by molar-refractivity contribution is 0.952. The van der Waals surface area contributed by atoms with Gasteiger partial charge in [0, 0.05) is 19.1 Å². The molecule has 1 heterocycles. The SMILES string of the molecule is CN(C)c1nc(N)nc(/C(C#N)=C/c2ccccc2Cl)n1. The van der Waals surface area contributed by atoms with Gasteiger partial charge in [0.2, 0.25) is 11.9 Å². The lowest BCUT2D eigenvalue weighted by Crippen LogP contribution is -2.15. The predicted molar refractivity (Wildman–Crippen MR) is 83.5 cm³/mol. The van der Waals surface area contributed by atoms with Crippen molar-refractivity contribution >= 4 is 35.1 Å². The summed E-state index contributed by atoms with van der Waals surface area (Å²) in [5.41, 5.74) is 6.63. The van der Waals surface area contributed by atoms with Crippen molar-refractivity contribution in [2.45, 2.75) is 0 Å². The van der Waals surface area contributed by atoms with Gasteiger partial charge in [0.15, 0.2) is 5.82 Å². The average Bonchev–Trinajstić information content (AvgIpc) is 2.45. The van der Waals surface area contributed by atoms with Crippen molar-refractivity contribution in [3.05, 3.63) is 40.7 Å². The van der Waals surface area contributed by atoms with Crippen LogP contribution in [0.15, 0.2) is 24.3 Å². The van der Waals surface area contributed by atoms with Gasteiger partial charge < -0.3 is 10.6 Å². The van der Waals surface area contributed by atoms with Crippen LogP contribution in [0.1, 0.15) is 11.4 Å². The van der Waals surface area contributed by atoms with E-state index in [0.717, 1.165) is 0 Å². The molecule has 2 aromatic rings. The second kappa shape index (κ2) is 6.20. The minimum Gasteiger partial charge on any atom is -0.368 e. The third kappa shape index (κ3) is 3.46. The summed E-state index contributed by atoms with van der Waals surface area (Å²) in [6, 6.07) is 9.26. The Bertz CT molecular complexity index is 732. The molecule has 2 rings (SSSR count). The molecular weight excluding hydrogens is 288 g/mol. The third-order valence-corrected chi connectivity index (χ3v) is 2.95. The van der Waals surface area contributed by atoms with E-state index in [1.165, 1.54) is 0 Å². The molecule has 0 unspecified atom stereocenters. The highest BCUT2D eigenvalue weighted by Crippen LogP contribution is 2.22. The molecule has 0 aliphatic rings. The number of nitrogens with two attached hydrogens (primary N) is 1. The number of hydrogen-bond acceptors (Lipinski definition) is 6. The van der Waals surface area contributed by atoms with Gasteiger partial charge in [-0.15, -0.1) is 0 Å². The zero-order chi connectivity index (χ0) is 15.4. The van der Waals surface area contributed by atoms with Crippen molar-refractivity contribution in [1.29, 1.82) is 5.26 Å². The van der Waals surface area contributed by atoms with Gasteiger partial charge in [0.25, 0.3) is 0 Å². The average molecular weight is 301 g/mol. The summed E-state index contributed by atoms with van der Waals surface area (Å²) >= 11 is 6.09. The monoisotopic (exact) mass is 300 g/mol. The fraction of sp³-hybridized carbons (Fsp3) is 0.143. The van der Waals surface area contributed by atoms with Gasteiger partial charge in [-0.1, -0.05) is 29.8 Å². The van der Waals surface area contributed by atoms with Crippen molar-refractivity contribution in [2.24, 2.45) is 0 Å². The number of rotatable bonds is 3. The van der Waals surface area contributed by atoms with E-state index in [1.54, 1.807) is 37.2 Å². The zero-order valence-electron chi connectivity index (χ0n) is 11.6. The number of nitriles is 1. The second-order valence-corrected chi connectivity index (χ2v) is 4.81. The van der Waals surface area contributed by atoms with Crippen LogP contribution in [-0.4, -0.2) is 29.0 Å². The van der Waals surface area contributed by atoms with E-state index >= 15 is 0 Å². The topological polar surface area (TPSA) is 91.7 Å². The highest BCUT2D eigenvalue weighted by Gasteiger charge is 2.11. The second-order valence-electron chi connectivity index (χ2n) is 4.40. The Kier molecular flexibility index (Phi) is 4.36. The van der Waals surface area contributed by atoms with E-state index in [9.17, 15) is 5.26 Å². The molecule has 2 N–H and O–H groups in total. The molecule has 0 radical (unpaired) electrons. The van der Waals surface area contributed by atoms with Crippen molar-refractivity contribution in [3.8, 4) is 6.07 Å². The summed E-state index contributed by atoms with van der Waals surface area (Å²) in [5.74, 6) is 0.662. The van der Waals surface area contributed by atoms with Crippen LogP contribution in [0, 0.1) is 11.3 Å². The van der Waals surface area contributed by atoms with Gasteiger partial charge in [-0.2, -0.15) is 20.2 Å². The number of benzene rings is 1. The quantitative estimate of drug-likeness (QED) is 0.874. The number of allylic oxidation sites excluding steroid dienone is 1. The van der Waals surface area contributed by atoms with Crippen LogP contribution in [0.5, 0.6) is 0 Å². The minimum absolute atomic E-state index is 0.0593. The van der Waals surface area contributed by atoms with Crippen molar-refractivity contribution in [2.75, 3.05) is 24.7 Å². The summed E-state index contributed by atoms with van der Waals surface area (Å²) in [5, 5.41) is 9.88. The highest BCUT2D eigenvalue weighted by atomic mass is 35.5. The Morgan fingerprint density at radius 3 is 2.62 bits per heavy atom. The largest absolute Gasteiger partial charge is 0.368 e. The summed E-state index contributed by atoms with van der Waals surface area (Å²) in [7, 11) is 3.56. The first-order valence-corrected chi connectivity index (χ1v) is 6.44. The molecular formula is C14H13ClN6. The molecule has 0 spiro atoms. The summed E-state index contributed by atoms with van der Waals surface area (Å²) in [6.07, 6.45) is 1.62. The fourth-order valence-corrected chi connectivity index (χ4v) is 1.79. The predicted octanol–water partition coefficient (Wildman–Crippen LogP) is 2.24. The molecule has 0 atom stereocenters. The fourth-order valence-electron chi connectivity index (χ4n) is 1.60. The summed E-state index contributed by atoms with van der Waals surface area (Å²) < 4.78 is 0. The molecule has 106 valence electrons. The van der Waals surface area contributed by atoms with Crippen molar-refractivity contribution in [3.63, 3.8) is 0 Å². The van der Waals surface area contributed by atoms with E-state index in [-0.39, 0.29) is 17.3 Å². The molecule has 1 aromatic carbocycles. The van der Waals surface area contributed by atoms with Gasteiger partial charge in [-0.25, -0.2) is 0 Å². The van der Waals surface area contributed by atoms with E-state index in [2.05, 4.69) is 21.0 Å². The van der Waals surface area contributed by atoms with Crippen LogP contribution in [0.3, 0.4) is 0 Å². The van der Waals surface area contributed by atoms with Gasteiger partial charge >= 0.3 is 0 Å². The van der Waals surface area contributed by atoms with Crippen molar-refractivity contribution in [1.82, 2.24) is 15.0 Å². The Balaban J connectivity index is 2.53. The molecule has 0 saturated carbocycles. The molecule has 1 aromatic heterocycles. The number of hydrogen-bond donors (Lipinski definition) is 1. The Morgan fingerprint density at radius 1 is 1.29 bits per heavy atom. The maximum atomic E-state index is 9.34. The molecule has 6 nitrogen and oxygen atoms in total. The lowest BCUT2D eigenvalue weighted by atomic mass is 10.1. The van der Waals surface area contributed by atoms with Crippen molar-refractivity contribution < 1.29 is 0 Å². The number of anilines is 2.